The summed E-state index contributed by atoms with van der Waals surface area (Å²) < 4.78 is 13.3. The monoisotopic (exact) mass is 596 g/mol. The number of rotatable bonds is 7. The first-order chi connectivity index (χ1) is 18.1. The Labute approximate surface area is 233 Å². The second-order valence-electron chi connectivity index (χ2n) is 9.44. The predicted molar refractivity (Wildman–Crippen MR) is 154 cm³/mol. The van der Waals surface area contributed by atoms with Crippen LogP contribution in [0.15, 0.2) is 75.0 Å². The van der Waals surface area contributed by atoms with Crippen molar-refractivity contribution in [2.75, 3.05) is 19.0 Å². The Morgan fingerprint density at radius 2 is 1.89 bits per heavy atom. The second-order valence-corrected chi connectivity index (χ2v) is 10.8. The zero-order valence-corrected chi connectivity index (χ0v) is 23.6. The maximum absolute atomic E-state index is 13.5. The van der Waals surface area contributed by atoms with E-state index in [1.807, 2.05) is 45.0 Å². The van der Waals surface area contributed by atoms with Crippen LogP contribution in [0.5, 0.6) is 11.5 Å². The smallest absolute Gasteiger partial charge is 0.282 e. The van der Waals surface area contributed by atoms with Crippen molar-refractivity contribution in [1.82, 2.24) is 9.66 Å². The minimum Gasteiger partial charge on any atom is -0.493 e. The number of methoxy groups -OCH3 is 1. The maximum Gasteiger partial charge on any atom is 0.282 e. The van der Waals surface area contributed by atoms with Crippen LogP contribution in [0.4, 0.5) is 5.69 Å². The summed E-state index contributed by atoms with van der Waals surface area (Å²) in [5, 5.41) is 8.06. The molecule has 1 amide bonds. The molecular formula is C28H26BrClN4O4. The molecule has 0 bridgehead atoms. The Balaban J connectivity index is 1.73. The average molecular weight is 598 g/mol. The largest absolute Gasteiger partial charge is 0.493 e. The van der Waals surface area contributed by atoms with E-state index in [9.17, 15) is 9.59 Å². The SMILES string of the molecule is COc1cc(Cl)cc(C=Nn2c(C(C)(C)C)nc3ccc(Br)cc3c2=O)c1OCC(=O)Nc1ccccc1. The van der Waals surface area contributed by atoms with E-state index in [2.05, 4.69) is 26.3 Å². The van der Waals surface area contributed by atoms with Crippen molar-refractivity contribution in [3.63, 3.8) is 0 Å². The van der Waals surface area contributed by atoms with E-state index in [4.69, 9.17) is 26.1 Å². The molecule has 38 heavy (non-hydrogen) atoms. The van der Waals surface area contributed by atoms with E-state index in [1.54, 1.807) is 36.4 Å². The van der Waals surface area contributed by atoms with E-state index >= 15 is 0 Å². The molecule has 1 N–H and O–H groups in total. The molecule has 196 valence electrons. The summed E-state index contributed by atoms with van der Waals surface area (Å²) in [4.78, 5) is 30.7. The zero-order chi connectivity index (χ0) is 27.4. The van der Waals surface area contributed by atoms with Gasteiger partial charge in [0.1, 0.15) is 5.82 Å². The van der Waals surface area contributed by atoms with Crippen molar-refractivity contribution in [1.29, 1.82) is 0 Å². The van der Waals surface area contributed by atoms with Gasteiger partial charge in [-0.3, -0.25) is 9.59 Å². The zero-order valence-electron chi connectivity index (χ0n) is 21.3. The fraction of sp³-hybridized carbons (Fsp3) is 0.214. The summed E-state index contributed by atoms with van der Waals surface area (Å²) in [6.45, 7) is 5.57. The Hall–Kier alpha value is -3.69. The molecule has 1 aromatic heterocycles. The minimum atomic E-state index is -0.487. The number of carbonyl (C=O) groups is 1. The number of amides is 1. The van der Waals surface area contributed by atoms with Crippen LogP contribution >= 0.6 is 27.5 Å². The number of para-hydroxylation sites is 1. The molecule has 0 aliphatic heterocycles. The third kappa shape index (κ3) is 6.23. The number of aromatic nitrogens is 2. The third-order valence-corrected chi connectivity index (χ3v) is 6.18. The van der Waals surface area contributed by atoms with Gasteiger partial charge in [-0.25, -0.2) is 4.98 Å². The highest BCUT2D eigenvalue weighted by Crippen LogP contribution is 2.34. The number of fused-ring (bicyclic) bond motifs is 1. The molecule has 1 heterocycles. The van der Waals surface area contributed by atoms with Crippen LogP contribution in [0.25, 0.3) is 10.9 Å². The van der Waals surface area contributed by atoms with E-state index < -0.39 is 5.41 Å². The number of ether oxygens (including phenoxy) is 2. The van der Waals surface area contributed by atoms with Crippen molar-refractivity contribution in [2.24, 2.45) is 5.10 Å². The summed E-state index contributed by atoms with van der Waals surface area (Å²) in [6.07, 6.45) is 1.45. The number of nitrogens with one attached hydrogen (secondary N) is 1. The number of nitrogens with zero attached hydrogens (tertiary/aromatic N) is 3. The lowest BCUT2D eigenvalue weighted by molar-refractivity contribution is -0.118. The molecule has 10 heteroatoms. The molecule has 8 nitrogen and oxygen atoms in total. The molecular weight excluding hydrogens is 572 g/mol. The molecule has 0 aliphatic carbocycles. The van der Waals surface area contributed by atoms with Gasteiger partial charge in [-0.05, 0) is 36.4 Å². The molecule has 0 spiro atoms. The second kappa shape index (κ2) is 11.4. The van der Waals surface area contributed by atoms with Crippen LogP contribution in [0, 0.1) is 0 Å². The van der Waals surface area contributed by atoms with Gasteiger partial charge < -0.3 is 14.8 Å². The summed E-state index contributed by atoms with van der Waals surface area (Å²) >= 11 is 9.74. The van der Waals surface area contributed by atoms with Crippen molar-refractivity contribution in [2.45, 2.75) is 26.2 Å². The van der Waals surface area contributed by atoms with Gasteiger partial charge in [-0.15, -0.1) is 0 Å². The molecule has 0 atom stereocenters. The van der Waals surface area contributed by atoms with Crippen molar-refractivity contribution < 1.29 is 14.3 Å². The number of carbonyl (C=O) groups excluding carboxylic acids is 1. The van der Waals surface area contributed by atoms with E-state index in [1.165, 1.54) is 18.0 Å². The number of benzene rings is 3. The summed E-state index contributed by atoms with van der Waals surface area (Å²) in [5.74, 6) is 0.694. The molecule has 0 radical (unpaired) electrons. The Morgan fingerprint density at radius 1 is 1.16 bits per heavy atom. The highest BCUT2D eigenvalue weighted by molar-refractivity contribution is 9.10. The van der Waals surface area contributed by atoms with Crippen LogP contribution in [0.1, 0.15) is 32.2 Å². The standard InChI is InChI=1S/C28H26BrClN4O4/c1-28(2,3)27-33-22-11-10-18(29)13-21(22)26(36)34(27)31-15-17-12-19(30)14-23(37-4)25(17)38-16-24(35)32-20-8-6-5-7-9-20/h5-15H,16H2,1-4H3,(H,32,35). The minimum absolute atomic E-state index is 0.255. The van der Waals surface area contributed by atoms with Crippen molar-refractivity contribution in [3.05, 3.63) is 91.9 Å². The Bertz CT molecular complexity index is 1580. The number of halogens is 2. The van der Waals surface area contributed by atoms with Crippen molar-refractivity contribution in [3.8, 4) is 11.5 Å². The van der Waals surface area contributed by atoms with E-state index in [-0.39, 0.29) is 23.8 Å². The molecule has 0 fully saturated rings. The average Bonchev–Trinajstić information content (AvgIpc) is 2.87. The van der Waals surface area contributed by atoms with Gasteiger partial charge in [-0.1, -0.05) is 66.5 Å². The quantitative estimate of drug-likeness (QED) is 0.263. The van der Waals surface area contributed by atoms with Gasteiger partial charge in [0, 0.05) is 32.2 Å². The highest BCUT2D eigenvalue weighted by atomic mass is 79.9. The first-order valence-electron chi connectivity index (χ1n) is 11.7. The van der Waals surface area contributed by atoms with Gasteiger partial charge in [0.2, 0.25) is 0 Å². The highest BCUT2D eigenvalue weighted by Gasteiger charge is 2.23. The Kier molecular flexibility index (Phi) is 8.18. The van der Waals surface area contributed by atoms with Gasteiger partial charge in [0.05, 0.1) is 24.2 Å². The molecule has 0 unspecified atom stereocenters. The van der Waals surface area contributed by atoms with Crippen molar-refractivity contribution >= 4 is 56.2 Å². The van der Waals surface area contributed by atoms with Gasteiger partial charge in [0.25, 0.3) is 11.5 Å². The van der Waals surface area contributed by atoms with Crippen LogP contribution in [0.3, 0.4) is 0 Å². The fourth-order valence-electron chi connectivity index (χ4n) is 3.71. The predicted octanol–water partition coefficient (Wildman–Crippen LogP) is 6.02. The maximum atomic E-state index is 13.5. The van der Waals surface area contributed by atoms with E-state index in [0.29, 0.717) is 38.8 Å². The third-order valence-electron chi connectivity index (χ3n) is 5.46. The molecule has 0 saturated heterocycles. The molecule has 4 aromatic rings. The molecule has 0 aliphatic rings. The molecule has 3 aromatic carbocycles. The normalized spacial score (nSPS) is 11.6. The summed E-state index contributed by atoms with van der Waals surface area (Å²) in [6, 6.07) is 17.6. The lowest BCUT2D eigenvalue weighted by Crippen LogP contribution is -2.29. The van der Waals surface area contributed by atoms with E-state index in [0.717, 1.165) is 4.47 Å². The van der Waals surface area contributed by atoms with Crippen LogP contribution in [-0.2, 0) is 10.2 Å². The molecule has 4 rings (SSSR count). The lowest BCUT2D eigenvalue weighted by Gasteiger charge is -2.21. The Morgan fingerprint density at radius 3 is 2.58 bits per heavy atom. The number of anilines is 1. The first kappa shape index (κ1) is 27.3. The topological polar surface area (TPSA) is 94.8 Å². The van der Waals surface area contributed by atoms with Gasteiger partial charge in [0.15, 0.2) is 18.1 Å². The summed E-state index contributed by atoms with van der Waals surface area (Å²) in [5.41, 5.74) is 0.834. The van der Waals surface area contributed by atoms with Gasteiger partial charge >= 0.3 is 0 Å². The number of hydrogen-bond donors (Lipinski definition) is 1. The number of hydrogen-bond acceptors (Lipinski definition) is 6. The van der Waals surface area contributed by atoms with Crippen LogP contribution in [0.2, 0.25) is 5.02 Å². The van der Waals surface area contributed by atoms with Crippen LogP contribution < -0.4 is 20.3 Å². The first-order valence-corrected chi connectivity index (χ1v) is 12.9. The fourth-order valence-corrected chi connectivity index (χ4v) is 4.29. The summed E-state index contributed by atoms with van der Waals surface area (Å²) in [7, 11) is 1.47. The molecule has 0 saturated carbocycles. The van der Waals surface area contributed by atoms with Gasteiger partial charge in [-0.2, -0.15) is 9.78 Å². The lowest BCUT2D eigenvalue weighted by atomic mass is 9.95. The van der Waals surface area contributed by atoms with Crippen LogP contribution in [-0.4, -0.2) is 35.5 Å².